The van der Waals surface area contributed by atoms with Crippen molar-refractivity contribution in [3.63, 3.8) is 0 Å². The van der Waals surface area contributed by atoms with Gasteiger partial charge in [0.1, 0.15) is 9.84 Å². The van der Waals surface area contributed by atoms with E-state index >= 15 is 0 Å². The number of hydrogen-bond donors (Lipinski definition) is 0. The number of hydrogen-bond acceptors (Lipinski definition) is 3. The average Bonchev–Trinajstić information content (AvgIpc) is 2.29. The van der Waals surface area contributed by atoms with Crippen molar-refractivity contribution in [2.75, 3.05) is 11.5 Å². The summed E-state index contributed by atoms with van der Waals surface area (Å²) in [6, 6.07) is 7.54. The monoisotopic (exact) mass is 252 g/mol. The molecule has 1 aromatic carbocycles. The summed E-state index contributed by atoms with van der Waals surface area (Å²) in [4.78, 5) is 11.3. The Balaban J connectivity index is 2.18. The van der Waals surface area contributed by atoms with Gasteiger partial charge in [0.25, 0.3) is 0 Å². The van der Waals surface area contributed by atoms with E-state index in [4.69, 9.17) is 0 Å². The first-order chi connectivity index (χ1) is 7.98. The normalized spacial score (nSPS) is 20.1. The molecule has 1 heterocycles. The first-order valence-corrected chi connectivity index (χ1v) is 7.61. The van der Waals surface area contributed by atoms with E-state index < -0.39 is 9.84 Å². The summed E-state index contributed by atoms with van der Waals surface area (Å²) in [5.41, 5.74) is 1.79. The minimum atomic E-state index is -2.82. The van der Waals surface area contributed by atoms with Gasteiger partial charge in [-0.15, -0.1) is 0 Å². The van der Waals surface area contributed by atoms with Crippen molar-refractivity contribution in [3.05, 3.63) is 35.4 Å². The van der Waals surface area contributed by atoms with Crippen molar-refractivity contribution in [1.82, 2.24) is 0 Å². The molecule has 0 atom stereocenters. The van der Waals surface area contributed by atoms with Crippen molar-refractivity contribution in [1.29, 1.82) is 0 Å². The van der Waals surface area contributed by atoms with Crippen LogP contribution in [-0.4, -0.2) is 25.7 Å². The summed E-state index contributed by atoms with van der Waals surface area (Å²) in [5, 5.41) is 0. The van der Waals surface area contributed by atoms with Crippen LogP contribution in [-0.2, 0) is 9.84 Å². The zero-order valence-corrected chi connectivity index (χ0v) is 10.7. The number of rotatable bonds is 2. The van der Waals surface area contributed by atoms with Gasteiger partial charge in [0.2, 0.25) is 0 Å². The Morgan fingerprint density at radius 1 is 1.24 bits per heavy atom. The molecule has 0 aliphatic carbocycles. The molecule has 0 aromatic heterocycles. The zero-order chi connectivity index (χ0) is 12.5. The molecular formula is C13H16O3S. The maximum absolute atomic E-state index is 11.3. The molecule has 1 aliphatic rings. The summed E-state index contributed by atoms with van der Waals surface area (Å²) >= 11 is 0. The SMILES string of the molecule is CC(=O)c1cccc(C2CCS(=O)(=O)CC2)c1. The van der Waals surface area contributed by atoms with E-state index in [1.807, 2.05) is 18.2 Å². The molecule has 0 N–H and O–H groups in total. The van der Waals surface area contributed by atoms with Crippen molar-refractivity contribution in [2.45, 2.75) is 25.7 Å². The fraction of sp³-hybridized carbons (Fsp3) is 0.462. The molecule has 0 radical (unpaired) electrons. The molecule has 0 amide bonds. The van der Waals surface area contributed by atoms with E-state index in [2.05, 4.69) is 0 Å². The minimum Gasteiger partial charge on any atom is -0.295 e. The number of ketones is 1. The molecule has 0 saturated carbocycles. The van der Waals surface area contributed by atoms with Crippen LogP contribution in [0.1, 0.15) is 41.6 Å². The van der Waals surface area contributed by atoms with E-state index in [1.165, 1.54) is 0 Å². The van der Waals surface area contributed by atoms with Crippen molar-refractivity contribution in [2.24, 2.45) is 0 Å². The Morgan fingerprint density at radius 3 is 2.47 bits per heavy atom. The molecule has 1 fully saturated rings. The summed E-state index contributed by atoms with van der Waals surface area (Å²) in [6.45, 7) is 1.55. The van der Waals surface area contributed by atoms with E-state index in [0.29, 0.717) is 18.4 Å². The second-order valence-electron chi connectivity index (χ2n) is 4.61. The van der Waals surface area contributed by atoms with Gasteiger partial charge in [-0.3, -0.25) is 4.79 Å². The first-order valence-electron chi connectivity index (χ1n) is 5.79. The minimum absolute atomic E-state index is 0.0512. The van der Waals surface area contributed by atoms with Crippen molar-refractivity contribution >= 4 is 15.6 Å². The van der Waals surface area contributed by atoms with Gasteiger partial charge in [-0.05, 0) is 37.3 Å². The van der Waals surface area contributed by atoms with Gasteiger partial charge in [-0.25, -0.2) is 8.42 Å². The highest BCUT2D eigenvalue weighted by atomic mass is 32.2. The van der Waals surface area contributed by atoms with Gasteiger partial charge < -0.3 is 0 Å². The summed E-state index contributed by atoms with van der Waals surface area (Å²) < 4.78 is 22.7. The van der Waals surface area contributed by atoms with Crippen LogP contribution < -0.4 is 0 Å². The molecule has 92 valence electrons. The number of carbonyl (C=O) groups excluding carboxylic acids is 1. The molecule has 17 heavy (non-hydrogen) atoms. The summed E-state index contributed by atoms with van der Waals surface area (Å²) in [5.74, 6) is 0.859. The largest absolute Gasteiger partial charge is 0.295 e. The topological polar surface area (TPSA) is 51.2 Å². The molecule has 1 aliphatic heterocycles. The zero-order valence-electron chi connectivity index (χ0n) is 9.85. The van der Waals surface area contributed by atoms with Crippen LogP contribution in [0.3, 0.4) is 0 Å². The lowest BCUT2D eigenvalue weighted by molar-refractivity contribution is 0.101. The predicted octanol–water partition coefficient (Wildman–Crippen LogP) is 2.18. The molecule has 3 nitrogen and oxygen atoms in total. The lowest BCUT2D eigenvalue weighted by Crippen LogP contribution is -2.22. The lowest BCUT2D eigenvalue weighted by Gasteiger charge is -2.22. The summed E-state index contributed by atoms with van der Waals surface area (Å²) in [6.07, 6.45) is 1.34. The molecule has 2 rings (SSSR count). The number of sulfone groups is 1. The number of Topliss-reactive ketones (excluding diaryl/α,β-unsaturated/α-hetero) is 1. The second kappa shape index (κ2) is 4.61. The number of carbonyl (C=O) groups is 1. The summed E-state index contributed by atoms with van der Waals surface area (Å²) in [7, 11) is -2.82. The van der Waals surface area contributed by atoms with Crippen LogP contribution >= 0.6 is 0 Å². The highest BCUT2D eigenvalue weighted by Crippen LogP contribution is 2.29. The lowest BCUT2D eigenvalue weighted by atomic mass is 9.92. The van der Waals surface area contributed by atoms with Gasteiger partial charge >= 0.3 is 0 Å². The fourth-order valence-electron chi connectivity index (χ4n) is 2.23. The molecule has 0 bridgehead atoms. The van der Waals surface area contributed by atoms with Crippen LogP contribution in [0.25, 0.3) is 0 Å². The predicted molar refractivity (Wildman–Crippen MR) is 67.1 cm³/mol. The molecule has 1 saturated heterocycles. The fourth-order valence-corrected chi connectivity index (χ4v) is 3.73. The highest BCUT2D eigenvalue weighted by Gasteiger charge is 2.24. The maximum atomic E-state index is 11.3. The van der Waals surface area contributed by atoms with Crippen LogP contribution in [0.5, 0.6) is 0 Å². The molecule has 0 spiro atoms. The van der Waals surface area contributed by atoms with Crippen LogP contribution in [0.15, 0.2) is 24.3 Å². The van der Waals surface area contributed by atoms with E-state index in [0.717, 1.165) is 5.56 Å². The Morgan fingerprint density at radius 2 is 1.88 bits per heavy atom. The molecular weight excluding hydrogens is 236 g/mol. The average molecular weight is 252 g/mol. The quantitative estimate of drug-likeness (QED) is 0.758. The first kappa shape index (κ1) is 12.3. The van der Waals surface area contributed by atoms with Crippen LogP contribution in [0, 0.1) is 0 Å². The third-order valence-electron chi connectivity index (χ3n) is 3.32. The highest BCUT2D eigenvalue weighted by molar-refractivity contribution is 7.91. The third kappa shape index (κ3) is 2.94. The van der Waals surface area contributed by atoms with Gasteiger partial charge in [0.05, 0.1) is 11.5 Å². The van der Waals surface area contributed by atoms with E-state index in [1.54, 1.807) is 13.0 Å². The van der Waals surface area contributed by atoms with Gasteiger partial charge in [-0.2, -0.15) is 0 Å². The second-order valence-corrected chi connectivity index (χ2v) is 6.91. The van der Waals surface area contributed by atoms with Gasteiger partial charge in [0.15, 0.2) is 5.78 Å². The van der Waals surface area contributed by atoms with Gasteiger partial charge in [-0.1, -0.05) is 18.2 Å². The van der Waals surface area contributed by atoms with Crippen molar-refractivity contribution < 1.29 is 13.2 Å². The standard InChI is InChI=1S/C13H16O3S/c1-10(14)12-3-2-4-13(9-12)11-5-7-17(15,16)8-6-11/h2-4,9,11H,5-8H2,1H3. The van der Waals surface area contributed by atoms with Crippen LogP contribution in [0.2, 0.25) is 0 Å². The van der Waals surface area contributed by atoms with E-state index in [-0.39, 0.29) is 23.2 Å². The molecule has 4 heteroatoms. The van der Waals surface area contributed by atoms with Gasteiger partial charge in [0, 0.05) is 5.56 Å². The maximum Gasteiger partial charge on any atom is 0.159 e. The Bertz CT molecular complexity index is 517. The van der Waals surface area contributed by atoms with E-state index in [9.17, 15) is 13.2 Å². The molecule has 1 aromatic rings. The Kier molecular flexibility index (Phi) is 3.33. The van der Waals surface area contributed by atoms with Crippen LogP contribution in [0.4, 0.5) is 0 Å². The third-order valence-corrected chi connectivity index (χ3v) is 5.03. The number of benzene rings is 1. The van der Waals surface area contributed by atoms with Crippen molar-refractivity contribution in [3.8, 4) is 0 Å². The Hall–Kier alpha value is -1.16. The molecule has 0 unspecified atom stereocenters. The smallest absolute Gasteiger partial charge is 0.159 e. The Labute approximate surface area is 102 Å².